The number of pyridine rings is 1. The van der Waals surface area contributed by atoms with Gasteiger partial charge in [-0.05, 0) is 23.8 Å². The molecule has 1 aromatic heterocycles. The lowest BCUT2D eigenvalue weighted by Crippen LogP contribution is -2.22. The van der Waals surface area contributed by atoms with Crippen LogP contribution in [0.1, 0.15) is 11.5 Å². The smallest absolute Gasteiger partial charge is 0.234 e. The highest BCUT2D eigenvalue weighted by Gasteiger charge is 2.28. The van der Waals surface area contributed by atoms with E-state index in [-0.39, 0.29) is 11.8 Å². The molecular formula is C14H13N3O. The second-order valence-corrected chi connectivity index (χ2v) is 4.22. The summed E-state index contributed by atoms with van der Waals surface area (Å²) in [5.74, 6) is 0.418. The molecule has 2 aromatic rings. The number of amides is 1. The van der Waals surface area contributed by atoms with E-state index in [1.807, 2.05) is 36.4 Å². The highest BCUT2D eigenvalue weighted by molar-refractivity contribution is 5.97. The fourth-order valence-corrected chi connectivity index (χ4v) is 2.17. The normalized spacial score (nSPS) is 16.8. The van der Waals surface area contributed by atoms with Crippen molar-refractivity contribution in [3.8, 4) is 0 Å². The van der Waals surface area contributed by atoms with Crippen LogP contribution in [0.15, 0.2) is 48.7 Å². The largest absolute Gasteiger partial charge is 0.384 e. The average molecular weight is 239 g/mol. The Labute approximate surface area is 105 Å². The number of anilines is 2. The Morgan fingerprint density at radius 2 is 2.06 bits per heavy atom. The van der Waals surface area contributed by atoms with Crippen molar-refractivity contribution in [3.63, 3.8) is 0 Å². The summed E-state index contributed by atoms with van der Waals surface area (Å²) in [6.07, 6.45) is 1.66. The molecule has 0 radical (unpaired) electrons. The zero-order valence-electron chi connectivity index (χ0n) is 9.76. The van der Waals surface area contributed by atoms with Crippen molar-refractivity contribution in [2.24, 2.45) is 0 Å². The van der Waals surface area contributed by atoms with Gasteiger partial charge in [0.1, 0.15) is 5.82 Å². The zero-order chi connectivity index (χ0) is 12.4. The molecule has 1 aliphatic heterocycles. The average Bonchev–Trinajstić information content (AvgIpc) is 2.84. The Balaban J connectivity index is 1.79. The van der Waals surface area contributed by atoms with Gasteiger partial charge in [-0.15, -0.1) is 0 Å². The summed E-state index contributed by atoms with van der Waals surface area (Å²) in [5, 5.41) is 6.07. The number of aromatic nitrogens is 1. The van der Waals surface area contributed by atoms with E-state index in [2.05, 4.69) is 15.6 Å². The fourth-order valence-electron chi connectivity index (χ4n) is 2.17. The van der Waals surface area contributed by atoms with Crippen molar-refractivity contribution < 1.29 is 4.79 Å². The number of hydrogen-bond acceptors (Lipinski definition) is 3. The van der Waals surface area contributed by atoms with Gasteiger partial charge in [-0.2, -0.15) is 0 Å². The molecule has 0 saturated heterocycles. The Bertz CT molecular complexity index is 568. The molecule has 1 atom stereocenters. The van der Waals surface area contributed by atoms with Gasteiger partial charge in [0.05, 0.1) is 5.92 Å². The van der Waals surface area contributed by atoms with Crippen LogP contribution in [0.2, 0.25) is 0 Å². The summed E-state index contributed by atoms with van der Waals surface area (Å²) >= 11 is 0. The molecule has 1 amide bonds. The van der Waals surface area contributed by atoms with Gasteiger partial charge in [0.25, 0.3) is 0 Å². The summed E-state index contributed by atoms with van der Waals surface area (Å²) in [5.41, 5.74) is 2.09. The number of nitrogens with zero attached hydrogens (tertiary/aromatic N) is 1. The standard InChI is InChI=1S/C14H13N3O/c18-14(17-13-7-3-4-8-15-13)11-9-16-12-6-2-1-5-10(11)12/h1-8,11,16H,9H2,(H,15,17,18). The highest BCUT2D eigenvalue weighted by atomic mass is 16.2. The first kappa shape index (κ1) is 10.8. The van der Waals surface area contributed by atoms with Crippen LogP contribution in [0, 0.1) is 0 Å². The minimum absolute atomic E-state index is 0.0221. The molecule has 0 fully saturated rings. The summed E-state index contributed by atoms with van der Waals surface area (Å²) in [6.45, 7) is 0.637. The van der Waals surface area contributed by atoms with Crippen molar-refractivity contribution in [1.82, 2.24) is 4.98 Å². The quantitative estimate of drug-likeness (QED) is 0.845. The van der Waals surface area contributed by atoms with Gasteiger partial charge in [-0.1, -0.05) is 24.3 Å². The van der Waals surface area contributed by atoms with E-state index in [1.54, 1.807) is 12.3 Å². The number of carbonyl (C=O) groups excluding carboxylic acids is 1. The molecule has 2 heterocycles. The number of carbonyl (C=O) groups is 1. The minimum atomic E-state index is -0.150. The first-order valence-electron chi connectivity index (χ1n) is 5.89. The maximum Gasteiger partial charge on any atom is 0.234 e. The number of rotatable bonds is 2. The Morgan fingerprint density at radius 3 is 2.89 bits per heavy atom. The third-order valence-corrected chi connectivity index (χ3v) is 3.07. The van der Waals surface area contributed by atoms with Gasteiger partial charge in [-0.25, -0.2) is 4.98 Å². The van der Waals surface area contributed by atoms with E-state index >= 15 is 0 Å². The molecule has 0 spiro atoms. The minimum Gasteiger partial charge on any atom is -0.384 e. The zero-order valence-corrected chi connectivity index (χ0v) is 9.76. The molecule has 0 saturated carbocycles. The van der Waals surface area contributed by atoms with E-state index in [1.165, 1.54) is 0 Å². The van der Waals surface area contributed by atoms with Crippen molar-refractivity contribution in [3.05, 3.63) is 54.2 Å². The van der Waals surface area contributed by atoms with Crippen LogP contribution in [0.25, 0.3) is 0 Å². The molecule has 2 N–H and O–H groups in total. The Morgan fingerprint density at radius 1 is 1.22 bits per heavy atom. The van der Waals surface area contributed by atoms with Gasteiger partial charge in [0.2, 0.25) is 5.91 Å². The molecular weight excluding hydrogens is 226 g/mol. The predicted molar refractivity (Wildman–Crippen MR) is 70.5 cm³/mol. The van der Waals surface area contributed by atoms with Crippen molar-refractivity contribution in [2.75, 3.05) is 17.2 Å². The third-order valence-electron chi connectivity index (χ3n) is 3.07. The van der Waals surface area contributed by atoms with Gasteiger partial charge >= 0.3 is 0 Å². The van der Waals surface area contributed by atoms with Crippen molar-refractivity contribution in [2.45, 2.75) is 5.92 Å². The molecule has 1 unspecified atom stereocenters. The lowest BCUT2D eigenvalue weighted by molar-refractivity contribution is -0.117. The topological polar surface area (TPSA) is 54.0 Å². The van der Waals surface area contributed by atoms with Gasteiger partial charge in [0, 0.05) is 18.4 Å². The summed E-state index contributed by atoms with van der Waals surface area (Å²) in [4.78, 5) is 16.3. The molecule has 0 aliphatic carbocycles. The summed E-state index contributed by atoms with van der Waals surface area (Å²) in [6, 6.07) is 13.3. The van der Waals surface area contributed by atoms with E-state index in [9.17, 15) is 4.79 Å². The van der Waals surface area contributed by atoms with Crippen LogP contribution in [-0.2, 0) is 4.79 Å². The number of para-hydroxylation sites is 1. The highest BCUT2D eigenvalue weighted by Crippen LogP contribution is 2.31. The lowest BCUT2D eigenvalue weighted by atomic mass is 10.0. The first-order chi connectivity index (χ1) is 8.84. The molecule has 1 aromatic carbocycles. The van der Waals surface area contributed by atoms with Crippen LogP contribution < -0.4 is 10.6 Å². The molecule has 18 heavy (non-hydrogen) atoms. The molecule has 0 bridgehead atoms. The summed E-state index contributed by atoms with van der Waals surface area (Å²) < 4.78 is 0. The van der Waals surface area contributed by atoms with E-state index < -0.39 is 0 Å². The summed E-state index contributed by atoms with van der Waals surface area (Å²) in [7, 11) is 0. The Kier molecular flexibility index (Phi) is 2.68. The van der Waals surface area contributed by atoms with Gasteiger partial charge in [-0.3, -0.25) is 4.79 Å². The van der Waals surface area contributed by atoms with Crippen LogP contribution in [0.3, 0.4) is 0 Å². The number of nitrogens with one attached hydrogen (secondary N) is 2. The monoisotopic (exact) mass is 239 g/mol. The van der Waals surface area contributed by atoms with Crippen molar-refractivity contribution in [1.29, 1.82) is 0 Å². The number of fused-ring (bicyclic) bond motifs is 1. The number of hydrogen-bond donors (Lipinski definition) is 2. The maximum atomic E-state index is 12.2. The lowest BCUT2D eigenvalue weighted by Gasteiger charge is -2.10. The van der Waals surface area contributed by atoms with Gasteiger partial charge < -0.3 is 10.6 Å². The molecule has 1 aliphatic rings. The molecule has 3 rings (SSSR count). The predicted octanol–water partition coefficient (Wildman–Crippen LogP) is 2.23. The SMILES string of the molecule is O=C(Nc1ccccn1)C1CNc2ccccc21. The second-order valence-electron chi connectivity index (χ2n) is 4.22. The molecule has 4 heteroatoms. The van der Waals surface area contributed by atoms with Crippen LogP contribution >= 0.6 is 0 Å². The van der Waals surface area contributed by atoms with Gasteiger partial charge in [0.15, 0.2) is 0 Å². The van der Waals surface area contributed by atoms with E-state index in [0.29, 0.717) is 12.4 Å². The van der Waals surface area contributed by atoms with Crippen LogP contribution in [-0.4, -0.2) is 17.4 Å². The fraction of sp³-hybridized carbons (Fsp3) is 0.143. The third kappa shape index (κ3) is 1.93. The van der Waals surface area contributed by atoms with E-state index in [0.717, 1.165) is 11.3 Å². The van der Waals surface area contributed by atoms with Crippen LogP contribution in [0.5, 0.6) is 0 Å². The molecule has 4 nitrogen and oxygen atoms in total. The Hall–Kier alpha value is -2.36. The van der Waals surface area contributed by atoms with Crippen LogP contribution in [0.4, 0.5) is 11.5 Å². The maximum absolute atomic E-state index is 12.2. The molecule has 90 valence electrons. The second kappa shape index (κ2) is 4.49. The van der Waals surface area contributed by atoms with Crippen molar-refractivity contribution >= 4 is 17.4 Å². The first-order valence-corrected chi connectivity index (χ1v) is 5.89. The van der Waals surface area contributed by atoms with E-state index in [4.69, 9.17) is 0 Å². The number of benzene rings is 1.